The second kappa shape index (κ2) is 12.2. The molecular weight excluding hydrogens is 597 g/mol. The number of aromatic nitrogens is 2. The van der Waals surface area contributed by atoms with E-state index >= 15 is 0 Å². The second-order valence-corrected chi connectivity index (χ2v) is 11.4. The average molecular weight is 625 g/mol. The third kappa shape index (κ3) is 5.75. The lowest BCUT2D eigenvalue weighted by molar-refractivity contribution is 0.0653. The van der Waals surface area contributed by atoms with Crippen molar-refractivity contribution in [3.63, 3.8) is 0 Å². The molecule has 0 radical (unpaired) electrons. The predicted molar refractivity (Wildman–Crippen MR) is 166 cm³/mol. The van der Waals surface area contributed by atoms with Gasteiger partial charge in [0, 0.05) is 34.8 Å². The maximum atomic E-state index is 14.1. The minimum Gasteiger partial charge on any atom is -0.355 e. The molecule has 42 heavy (non-hydrogen) atoms. The first-order valence-electron chi connectivity index (χ1n) is 13.3. The van der Waals surface area contributed by atoms with Crippen LogP contribution in [0.1, 0.15) is 57.4 Å². The first-order chi connectivity index (χ1) is 20.1. The van der Waals surface area contributed by atoms with E-state index in [2.05, 4.69) is 10.6 Å². The van der Waals surface area contributed by atoms with Crippen molar-refractivity contribution in [2.24, 2.45) is 0 Å². The average Bonchev–Trinajstić information content (AvgIpc) is 2.98. The van der Waals surface area contributed by atoms with E-state index in [0.717, 1.165) is 5.56 Å². The molecular formula is C31H28Cl3N5O3. The number of fused-ring (bicyclic) bond motifs is 1. The molecule has 4 aromatic rings. The normalized spacial score (nSPS) is 15.1. The van der Waals surface area contributed by atoms with Gasteiger partial charge < -0.3 is 15.5 Å². The predicted octanol–water partition coefficient (Wildman–Crippen LogP) is 6.31. The van der Waals surface area contributed by atoms with Gasteiger partial charge in [0.1, 0.15) is 0 Å². The molecule has 11 heteroatoms. The number of benzene rings is 3. The van der Waals surface area contributed by atoms with Gasteiger partial charge in [-0.25, -0.2) is 9.55 Å². The summed E-state index contributed by atoms with van der Waals surface area (Å²) in [5.41, 5.74) is 3.00. The third-order valence-electron chi connectivity index (χ3n) is 7.37. The first kappa shape index (κ1) is 29.6. The highest BCUT2D eigenvalue weighted by molar-refractivity contribution is 6.42. The Morgan fingerprint density at radius 1 is 0.952 bits per heavy atom. The molecule has 3 aromatic carbocycles. The number of carbonyl (C=O) groups is 2. The molecule has 0 saturated heterocycles. The Labute approximate surface area is 258 Å². The van der Waals surface area contributed by atoms with Crippen LogP contribution in [-0.4, -0.2) is 39.4 Å². The molecule has 0 spiro atoms. The second-order valence-electron chi connectivity index (χ2n) is 10.1. The summed E-state index contributed by atoms with van der Waals surface area (Å²) in [5, 5.41) is 7.18. The first-order valence-corrected chi connectivity index (χ1v) is 14.5. The maximum absolute atomic E-state index is 14.1. The van der Waals surface area contributed by atoms with Crippen LogP contribution >= 0.6 is 34.8 Å². The van der Waals surface area contributed by atoms with Gasteiger partial charge in [-0.2, -0.15) is 0 Å². The summed E-state index contributed by atoms with van der Waals surface area (Å²) in [5.74, 6) is -0.180. The van der Waals surface area contributed by atoms with Gasteiger partial charge in [0.25, 0.3) is 17.4 Å². The number of halogens is 3. The lowest BCUT2D eigenvalue weighted by atomic mass is 9.98. The molecule has 5 rings (SSSR count). The number of rotatable bonds is 6. The largest absolute Gasteiger partial charge is 0.355 e. The molecule has 1 aromatic heterocycles. The summed E-state index contributed by atoms with van der Waals surface area (Å²) < 4.78 is 1.50. The van der Waals surface area contributed by atoms with Crippen molar-refractivity contribution in [1.29, 1.82) is 0 Å². The number of nitrogens with zero attached hydrogens (tertiary/aromatic N) is 3. The van der Waals surface area contributed by atoms with Crippen LogP contribution in [0.3, 0.4) is 0 Å². The lowest BCUT2D eigenvalue weighted by Crippen LogP contribution is -2.46. The Morgan fingerprint density at radius 2 is 1.64 bits per heavy atom. The molecule has 2 amide bonds. The Kier molecular flexibility index (Phi) is 8.59. The van der Waals surface area contributed by atoms with Crippen LogP contribution in [0.15, 0.2) is 71.5 Å². The van der Waals surface area contributed by atoms with Crippen molar-refractivity contribution in [2.75, 3.05) is 12.4 Å². The van der Waals surface area contributed by atoms with Crippen LogP contribution in [0.5, 0.6) is 0 Å². The van der Waals surface area contributed by atoms with Crippen LogP contribution in [-0.2, 0) is 13.0 Å². The molecule has 216 valence electrons. The monoisotopic (exact) mass is 623 g/mol. The molecule has 0 bridgehead atoms. The highest BCUT2D eigenvalue weighted by Crippen LogP contribution is 2.29. The van der Waals surface area contributed by atoms with Gasteiger partial charge >= 0.3 is 0 Å². The fourth-order valence-corrected chi connectivity index (χ4v) is 5.66. The van der Waals surface area contributed by atoms with E-state index in [1.165, 1.54) is 4.57 Å². The van der Waals surface area contributed by atoms with E-state index in [1.54, 1.807) is 60.5 Å². The Hall–Kier alpha value is -3.85. The highest BCUT2D eigenvalue weighted by atomic mass is 35.5. The molecule has 0 aliphatic carbocycles. The summed E-state index contributed by atoms with van der Waals surface area (Å²) in [6, 6.07) is 18.3. The van der Waals surface area contributed by atoms with Crippen molar-refractivity contribution in [3.8, 4) is 5.69 Å². The van der Waals surface area contributed by atoms with Crippen LogP contribution in [0.4, 0.5) is 5.95 Å². The topological polar surface area (TPSA) is 96.3 Å². The van der Waals surface area contributed by atoms with Crippen LogP contribution in [0.25, 0.3) is 5.69 Å². The van der Waals surface area contributed by atoms with E-state index in [1.807, 2.05) is 32.0 Å². The zero-order valence-corrected chi connectivity index (χ0v) is 25.4. The smallest absolute Gasteiger partial charge is 0.263 e. The van der Waals surface area contributed by atoms with Gasteiger partial charge in [0.2, 0.25) is 5.95 Å². The summed E-state index contributed by atoms with van der Waals surface area (Å²) in [7, 11) is 1.56. The molecule has 1 aliphatic heterocycles. The summed E-state index contributed by atoms with van der Waals surface area (Å²) in [4.78, 5) is 46.3. The highest BCUT2D eigenvalue weighted by Gasteiger charge is 2.32. The summed E-state index contributed by atoms with van der Waals surface area (Å²) in [6.07, 6.45) is 0.310. The lowest BCUT2D eigenvalue weighted by Gasteiger charge is -2.35. The molecule has 0 saturated carbocycles. The Balaban J connectivity index is 1.58. The standard InChI is InChI=1S/C31H28Cl3N5O3/c1-17-14-23-27(16-38(17)29(41)20-10-13-25(33)26(34)15-20)37-31(36-18(2)22-6-4-5-7-24(22)32)39(30(23)42)21-11-8-19(9-12-21)28(40)35-3/h4-13,15,17-18H,14,16H2,1-3H3,(H,35,40)(H,36,37)/t17-,18+/m1/s1. The fraction of sp³-hybridized carbons (Fsp3) is 0.226. The number of carbonyl (C=O) groups excluding carboxylic acids is 2. The number of nitrogens with one attached hydrogen (secondary N) is 2. The molecule has 8 nitrogen and oxygen atoms in total. The summed E-state index contributed by atoms with van der Waals surface area (Å²) in [6.45, 7) is 3.95. The molecule has 2 N–H and O–H groups in total. The number of anilines is 1. The molecule has 1 aliphatic rings. The molecule has 0 unspecified atom stereocenters. The summed E-state index contributed by atoms with van der Waals surface area (Å²) >= 11 is 18.7. The zero-order valence-electron chi connectivity index (χ0n) is 23.1. The van der Waals surface area contributed by atoms with E-state index in [4.69, 9.17) is 39.8 Å². The van der Waals surface area contributed by atoms with Gasteiger partial charge in [-0.3, -0.25) is 14.4 Å². The van der Waals surface area contributed by atoms with E-state index < -0.39 is 0 Å². The number of amides is 2. The van der Waals surface area contributed by atoms with Crippen LogP contribution in [0, 0.1) is 0 Å². The zero-order chi connectivity index (χ0) is 30.1. The molecule has 2 atom stereocenters. The van der Waals surface area contributed by atoms with Gasteiger partial charge in [0.05, 0.1) is 34.0 Å². The van der Waals surface area contributed by atoms with Crippen molar-refractivity contribution in [2.45, 2.75) is 38.9 Å². The van der Waals surface area contributed by atoms with Gasteiger partial charge in [-0.1, -0.05) is 53.0 Å². The van der Waals surface area contributed by atoms with E-state index in [0.29, 0.717) is 44.5 Å². The number of hydrogen-bond donors (Lipinski definition) is 2. The van der Waals surface area contributed by atoms with Gasteiger partial charge in [-0.15, -0.1) is 0 Å². The minimum atomic E-state index is -0.309. The van der Waals surface area contributed by atoms with Crippen molar-refractivity contribution < 1.29 is 9.59 Å². The Bertz CT molecular complexity index is 1740. The van der Waals surface area contributed by atoms with Crippen LogP contribution in [0.2, 0.25) is 15.1 Å². The van der Waals surface area contributed by atoms with Gasteiger partial charge in [0.15, 0.2) is 0 Å². The Morgan fingerprint density at radius 3 is 2.31 bits per heavy atom. The quantitative estimate of drug-likeness (QED) is 0.262. The van der Waals surface area contributed by atoms with Gasteiger partial charge in [-0.05, 0) is 74.4 Å². The van der Waals surface area contributed by atoms with Crippen molar-refractivity contribution in [3.05, 3.63) is 120 Å². The fourth-order valence-electron chi connectivity index (χ4n) is 5.07. The van der Waals surface area contributed by atoms with E-state index in [9.17, 15) is 14.4 Å². The molecule has 2 heterocycles. The van der Waals surface area contributed by atoms with Crippen molar-refractivity contribution in [1.82, 2.24) is 19.8 Å². The van der Waals surface area contributed by atoms with Crippen molar-refractivity contribution >= 4 is 52.6 Å². The van der Waals surface area contributed by atoms with Crippen LogP contribution < -0.4 is 16.2 Å². The molecule has 0 fully saturated rings. The minimum absolute atomic E-state index is 0.135. The third-order valence-corrected chi connectivity index (χ3v) is 8.46. The SMILES string of the molecule is CNC(=O)c1ccc(-n2c(N[C@@H](C)c3ccccc3Cl)nc3c(c2=O)C[C@@H](C)N(C(=O)c2ccc(Cl)c(Cl)c2)C3)cc1. The maximum Gasteiger partial charge on any atom is 0.263 e. The van der Waals surface area contributed by atoms with E-state index in [-0.39, 0.29) is 47.0 Å². The number of hydrogen-bond acceptors (Lipinski definition) is 5.